The Kier molecular flexibility index (Phi) is 11.1. The predicted molar refractivity (Wildman–Crippen MR) is 158 cm³/mol. The van der Waals surface area contributed by atoms with E-state index in [4.69, 9.17) is 16.3 Å². The summed E-state index contributed by atoms with van der Waals surface area (Å²) in [5.74, 6) is 0.599. The van der Waals surface area contributed by atoms with Crippen LogP contribution in [0.5, 0.6) is 5.75 Å². The summed E-state index contributed by atoms with van der Waals surface area (Å²) in [5, 5.41) is 0.415. The second-order valence-corrected chi connectivity index (χ2v) is 13.8. The van der Waals surface area contributed by atoms with Gasteiger partial charge in [-0.15, -0.1) is 12.4 Å². The Morgan fingerprint density at radius 2 is 1.56 bits per heavy atom. The molecule has 0 atom stereocenters. The van der Waals surface area contributed by atoms with Crippen molar-refractivity contribution in [3.63, 3.8) is 0 Å². The van der Waals surface area contributed by atoms with Crippen LogP contribution in [-0.2, 0) is 26.4 Å². The second kappa shape index (κ2) is 13.9. The number of benzene rings is 3. The van der Waals surface area contributed by atoms with E-state index in [1.54, 1.807) is 12.1 Å². The van der Waals surface area contributed by atoms with Crippen LogP contribution < -0.4 is 9.04 Å². The normalized spacial score (nSPS) is 14.4. The van der Waals surface area contributed by atoms with E-state index < -0.39 is 19.9 Å². The molecule has 1 saturated heterocycles. The zero-order chi connectivity index (χ0) is 27.2. The van der Waals surface area contributed by atoms with E-state index in [-0.39, 0.29) is 34.4 Å². The SMILES string of the molecule is CS(=O)(=O)c1cccc(N(Cc2ccccc2OCCCN2CCCCC2)S(=O)(=O)c2ccc(Cl)cc2)c1.Cl. The molecule has 0 saturated carbocycles. The van der Waals surface area contributed by atoms with Gasteiger partial charge < -0.3 is 9.64 Å². The summed E-state index contributed by atoms with van der Waals surface area (Å²) in [6.07, 6.45) is 5.74. The zero-order valence-corrected chi connectivity index (χ0v) is 25.0. The van der Waals surface area contributed by atoms with Gasteiger partial charge in [-0.1, -0.05) is 42.3 Å². The van der Waals surface area contributed by atoms with Gasteiger partial charge in [0.1, 0.15) is 5.75 Å². The van der Waals surface area contributed by atoms with Crippen LogP contribution in [0.2, 0.25) is 5.02 Å². The molecule has 0 unspecified atom stereocenters. The van der Waals surface area contributed by atoms with Crippen LogP contribution in [0.25, 0.3) is 0 Å². The summed E-state index contributed by atoms with van der Waals surface area (Å²) < 4.78 is 59.5. The van der Waals surface area contributed by atoms with Gasteiger partial charge in [-0.3, -0.25) is 4.31 Å². The molecule has 4 rings (SSSR count). The highest BCUT2D eigenvalue weighted by molar-refractivity contribution is 7.92. The number of halogens is 2. The van der Waals surface area contributed by atoms with Gasteiger partial charge in [-0.25, -0.2) is 16.8 Å². The molecule has 1 fully saturated rings. The molecule has 11 heteroatoms. The number of likely N-dealkylation sites (tertiary alicyclic amines) is 1. The van der Waals surface area contributed by atoms with Crippen LogP contribution in [0.15, 0.2) is 82.6 Å². The highest BCUT2D eigenvalue weighted by Crippen LogP contribution is 2.31. The van der Waals surface area contributed by atoms with E-state index in [9.17, 15) is 16.8 Å². The van der Waals surface area contributed by atoms with Crippen LogP contribution in [0.4, 0.5) is 5.69 Å². The molecular formula is C28H34Cl2N2O5S2. The number of hydrogen-bond donors (Lipinski definition) is 0. The molecule has 1 aliphatic rings. The third-order valence-electron chi connectivity index (χ3n) is 6.55. The third kappa shape index (κ3) is 8.35. The molecule has 39 heavy (non-hydrogen) atoms. The molecule has 212 valence electrons. The number of anilines is 1. The summed E-state index contributed by atoms with van der Waals surface area (Å²) >= 11 is 6.00. The topological polar surface area (TPSA) is 84.0 Å². The number of para-hydroxylation sites is 1. The number of ether oxygens (including phenoxy) is 1. The maximum absolute atomic E-state index is 13.8. The second-order valence-electron chi connectivity index (χ2n) is 9.45. The van der Waals surface area contributed by atoms with E-state index in [1.165, 1.54) is 60.0 Å². The van der Waals surface area contributed by atoms with Crippen molar-refractivity contribution in [2.75, 3.05) is 36.8 Å². The molecule has 3 aromatic carbocycles. The van der Waals surface area contributed by atoms with Crippen molar-refractivity contribution in [1.29, 1.82) is 0 Å². The zero-order valence-electron chi connectivity index (χ0n) is 21.8. The molecule has 0 amide bonds. The monoisotopic (exact) mass is 612 g/mol. The fraction of sp³-hybridized carbons (Fsp3) is 0.357. The average Bonchev–Trinajstić information content (AvgIpc) is 2.91. The van der Waals surface area contributed by atoms with Gasteiger partial charge in [-0.2, -0.15) is 0 Å². The minimum atomic E-state index is -4.07. The van der Waals surface area contributed by atoms with E-state index >= 15 is 0 Å². The molecule has 0 radical (unpaired) electrons. The number of sulfonamides is 1. The molecule has 0 bridgehead atoms. The van der Waals surface area contributed by atoms with Gasteiger partial charge >= 0.3 is 0 Å². The summed E-state index contributed by atoms with van der Waals surface area (Å²) in [5.41, 5.74) is 0.913. The Hall–Kier alpha value is -2.30. The van der Waals surface area contributed by atoms with Gasteiger partial charge in [0.2, 0.25) is 0 Å². The standard InChI is InChI=1S/C28H33ClN2O5S2.ClH/c1-37(32,33)27-11-7-10-25(21-27)31(38(34,35)26-15-13-24(29)14-16-26)22-23-9-3-4-12-28(23)36-20-8-19-30-17-5-2-6-18-30;/h3-4,7,9-16,21H,2,5-6,8,17-20,22H2,1H3;1H. The molecule has 0 spiro atoms. The minimum absolute atomic E-state index is 0. The van der Waals surface area contributed by atoms with Crippen molar-refractivity contribution < 1.29 is 21.6 Å². The minimum Gasteiger partial charge on any atom is -0.493 e. The van der Waals surface area contributed by atoms with Crippen molar-refractivity contribution >= 4 is 49.6 Å². The maximum atomic E-state index is 13.8. The molecule has 7 nitrogen and oxygen atoms in total. The fourth-order valence-corrected chi connectivity index (χ4v) is 6.72. The first-order valence-electron chi connectivity index (χ1n) is 12.7. The number of nitrogens with zero attached hydrogens (tertiary/aromatic N) is 2. The Labute approximate surface area is 243 Å². The van der Waals surface area contributed by atoms with Crippen LogP contribution in [0.3, 0.4) is 0 Å². The Balaban J connectivity index is 0.00000420. The molecule has 0 N–H and O–H groups in total. The van der Waals surface area contributed by atoms with Crippen molar-refractivity contribution in [1.82, 2.24) is 4.90 Å². The fourth-order valence-electron chi connectivity index (χ4n) is 4.50. The average molecular weight is 614 g/mol. The smallest absolute Gasteiger partial charge is 0.264 e. The summed E-state index contributed by atoms with van der Waals surface area (Å²) in [7, 11) is -7.62. The number of rotatable bonds is 11. The van der Waals surface area contributed by atoms with E-state index in [1.807, 2.05) is 24.3 Å². The number of piperidine rings is 1. The van der Waals surface area contributed by atoms with Crippen molar-refractivity contribution in [3.05, 3.63) is 83.4 Å². The molecule has 0 aromatic heterocycles. The van der Waals surface area contributed by atoms with Crippen LogP contribution in [-0.4, -0.2) is 54.2 Å². The third-order valence-corrected chi connectivity index (χ3v) is 9.70. The van der Waals surface area contributed by atoms with Crippen LogP contribution >= 0.6 is 24.0 Å². The lowest BCUT2D eigenvalue weighted by atomic mass is 10.1. The molecule has 1 aliphatic heterocycles. The highest BCUT2D eigenvalue weighted by atomic mass is 35.5. The number of sulfone groups is 1. The van der Waals surface area contributed by atoms with Gasteiger partial charge in [0.25, 0.3) is 10.0 Å². The van der Waals surface area contributed by atoms with E-state index in [0.717, 1.165) is 32.3 Å². The Bertz CT molecular complexity index is 1440. The maximum Gasteiger partial charge on any atom is 0.264 e. The first-order valence-corrected chi connectivity index (χ1v) is 16.4. The quantitative estimate of drug-likeness (QED) is 0.254. The lowest BCUT2D eigenvalue weighted by molar-refractivity contribution is 0.204. The van der Waals surface area contributed by atoms with E-state index in [2.05, 4.69) is 4.90 Å². The summed E-state index contributed by atoms with van der Waals surface area (Å²) in [4.78, 5) is 2.54. The van der Waals surface area contributed by atoms with Gasteiger partial charge in [0.05, 0.1) is 28.6 Å². The lowest BCUT2D eigenvalue weighted by Crippen LogP contribution is -2.31. The van der Waals surface area contributed by atoms with Gasteiger partial charge in [-0.05, 0) is 80.9 Å². The van der Waals surface area contributed by atoms with Crippen molar-refractivity contribution in [3.8, 4) is 5.75 Å². The predicted octanol–water partition coefficient (Wildman–Crippen LogP) is 5.82. The number of hydrogen-bond acceptors (Lipinski definition) is 6. The summed E-state index contributed by atoms with van der Waals surface area (Å²) in [6, 6.07) is 19.2. The Morgan fingerprint density at radius 3 is 2.26 bits per heavy atom. The Morgan fingerprint density at radius 1 is 0.872 bits per heavy atom. The first kappa shape index (κ1) is 31.2. The molecule has 1 heterocycles. The van der Waals surface area contributed by atoms with Gasteiger partial charge in [0.15, 0.2) is 9.84 Å². The summed E-state index contributed by atoms with van der Waals surface area (Å²) in [6.45, 7) is 3.69. The molecular weight excluding hydrogens is 579 g/mol. The van der Waals surface area contributed by atoms with E-state index in [0.29, 0.717) is 22.9 Å². The lowest BCUT2D eigenvalue weighted by Gasteiger charge is -2.27. The largest absolute Gasteiger partial charge is 0.493 e. The highest BCUT2D eigenvalue weighted by Gasteiger charge is 2.27. The van der Waals surface area contributed by atoms with Crippen molar-refractivity contribution in [2.24, 2.45) is 0 Å². The van der Waals surface area contributed by atoms with Gasteiger partial charge in [0, 0.05) is 23.4 Å². The van der Waals surface area contributed by atoms with Crippen molar-refractivity contribution in [2.45, 2.75) is 42.0 Å². The molecule has 0 aliphatic carbocycles. The molecule has 3 aromatic rings. The van der Waals surface area contributed by atoms with Crippen LogP contribution in [0.1, 0.15) is 31.2 Å². The van der Waals surface area contributed by atoms with Crippen LogP contribution in [0, 0.1) is 0 Å². The first-order chi connectivity index (χ1) is 18.1.